The first-order valence-electron chi connectivity index (χ1n) is 6.03. The van der Waals surface area contributed by atoms with E-state index in [0.717, 1.165) is 12.8 Å². The van der Waals surface area contributed by atoms with Crippen LogP contribution in [-0.2, 0) is 11.2 Å². The van der Waals surface area contributed by atoms with E-state index in [2.05, 4.69) is 6.92 Å². The number of hydrogen-bond acceptors (Lipinski definition) is 1. The highest BCUT2D eigenvalue weighted by Crippen LogP contribution is 2.29. The van der Waals surface area contributed by atoms with Gasteiger partial charge in [-0.3, -0.25) is 4.79 Å². The molecule has 1 aromatic rings. The van der Waals surface area contributed by atoms with Gasteiger partial charge in [0, 0.05) is 17.4 Å². The van der Waals surface area contributed by atoms with Gasteiger partial charge < -0.3 is 0 Å². The number of carbonyl (C=O) groups excluding carboxylic acids is 1. The molecule has 0 radical (unpaired) electrons. The maximum Gasteiger partial charge on any atom is 0.136 e. The van der Waals surface area contributed by atoms with Gasteiger partial charge in [-0.1, -0.05) is 18.5 Å². The lowest BCUT2D eigenvalue weighted by atomic mass is 9.78. The van der Waals surface area contributed by atoms with Gasteiger partial charge in [-0.2, -0.15) is 0 Å². The van der Waals surface area contributed by atoms with Crippen LogP contribution in [0.25, 0.3) is 0 Å². The lowest BCUT2D eigenvalue weighted by Crippen LogP contribution is -2.25. The minimum Gasteiger partial charge on any atom is -0.299 e. The summed E-state index contributed by atoms with van der Waals surface area (Å²) < 4.78 is 13.6. The van der Waals surface area contributed by atoms with Gasteiger partial charge in [0.25, 0.3) is 0 Å². The average molecular weight is 255 g/mol. The first-order valence-corrected chi connectivity index (χ1v) is 6.40. The second-order valence-electron chi connectivity index (χ2n) is 4.98. The van der Waals surface area contributed by atoms with Crippen molar-refractivity contribution in [1.29, 1.82) is 0 Å². The summed E-state index contributed by atoms with van der Waals surface area (Å²) in [5.41, 5.74) is 0.560. The van der Waals surface area contributed by atoms with Crippen LogP contribution >= 0.6 is 11.6 Å². The predicted molar refractivity (Wildman–Crippen MR) is 66.6 cm³/mol. The topological polar surface area (TPSA) is 17.1 Å². The third-order valence-electron chi connectivity index (χ3n) is 3.50. The van der Waals surface area contributed by atoms with E-state index in [0.29, 0.717) is 29.3 Å². The smallest absolute Gasteiger partial charge is 0.136 e. The van der Waals surface area contributed by atoms with Gasteiger partial charge in [-0.05, 0) is 48.9 Å². The van der Waals surface area contributed by atoms with Gasteiger partial charge >= 0.3 is 0 Å². The van der Waals surface area contributed by atoms with Gasteiger partial charge in [-0.15, -0.1) is 0 Å². The number of benzene rings is 1. The summed E-state index contributed by atoms with van der Waals surface area (Å²) >= 11 is 5.85. The molecular weight excluding hydrogens is 239 g/mol. The van der Waals surface area contributed by atoms with Crippen molar-refractivity contribution >= 4 is 17.4 Å². The highest BCUT2D eigenvalue weighted by Gasteiger charge is 2.27. The molecule has 1 fully saturated rings. The molecule has 2 rings (SSSR count). The molecule has 0 heterocycles. The number of halogens is 2. The molecule has 1 saturated carbocycles. The number of ketones is 1. The van der Waals surface area contributed by atoms with Gasteiger partial charge in [0.2, 0.25) is 0 Å². The van der Waals surface area contributed by atoms with E-state index >= 15 is 0 Å². The van der Waals surface area contributed by atoms with E-state index in [1.165, 1.54) is 12.1 Å². The van der Waals surface area contributed by atoms with Crippen molar-refractivity contribution in [3.8, 4) is 0 Å². The molecule has 0 aliphatic heterocycles. The third-order valence-corrected chi connectivity index (χ3v) is 3.73. The number of rotatable bonds is 2. The normalized spacial score (nSPS) is 25.0. The highest BCUT2D eigenvalue weighted by atomic mass is 35.5. The summed E-state index contributed by atoms with van der Waals surface area (Å²) in [7, 11) is 0. The number of hydrogen-bond donors (Lipinski definition) is 0. The molecule has 17 heavy (non-hydrogen) atoms. The molecule has 0 spiro atoms. The average Bonchev–Trinajstić information content (AvgIpc) is 2.28. The Kier molecular flexibility index (Phi) is 3.82. The van der Waals surface area contributed by atoms with Crippen LogP contribution < -0.4 is 0 Å². The van der Waals surface area contributed by atoms with Gasteiger partial charge in [0.15, 0.2) is 0 Å². The molecule has 1 aromatic carbocycles. The highest BCUT2D eigenvalue weighted by molar-refractivity contribution is 6.30. The predicted octanol–water partition coefficient (Wildman–Crippen LogP) is 4.03. The molecule has 1 nitrogen and oxygen atoms in total. The first-order chi connectivity index (χ1) is 8.06. The van der Waals surface area contributed by atoms with Crippen molar-refractivity contribution in [2.24, 2.45) is 11.8 Å². The molecule has 2 unspecified atom stereocenters. The molecule has 1 aliphatic rings. The zero-order chi connectivity index (χ0) is 12.4. The summed E-state index contributed by atoms with van der Waals surface area (Å²) in [5, 5.41) is 0.526. The summed E-state index contributed by atoms with van der Waals surface area (Å²) in [5.74, 6) is 0.523. The van der Waals surface area contributed by atoms with Crippen LogP contribution in [-0.4, -0.2) is 5.78 Å². The van der Waals surface area contributed by atoms with Crippen molar-refractivity contribution < 1.29 is 9.18 Å². The Hall–Kier alpha value is -0.890. The van der Waals surface area contributed by atoms with Gasteiger partial charge in [0.1, 0.15) is 11.6 Å². The Balaban J connectivity index is 2.14. The minimum absolute atomic E-state index is 0.0354. The Morgan fingerprint density at radius 2 is 2.24 bits per heavy atom. The SMILES string of the molecule is CC1CCC(=O)C(Cc2cc(Cl)ccc2F)C1. The van der Waals surface area contributed by atoms with Crippen molar-refractivity contribution in [3.05, 3.63) is 34.6 Å². The summed E-state index contributed by atoms with van der Waals surface area (Å²) in [6.45, 7) is 2.15. The van der Waals surface area contributed by atoms with Crippen LogP contribution in [0.1, 0.15) is 31.7 Å². The fourth-order valence-corrected chi connectivity index (χ4v) is 2.68. The largest absolute Gasteiger partial charge is 0.299 e. The molecular formula is C14H16ClFO. The van der Waals surface area contributed by atoms with E-state index in [4.69, 9.17) is 11.6 Å². The molecule has 1 aliphatic carbocycles. The van der Waals surface area contributed by atoms with Crippen LogP contribution in [0.3, 0.4) is 0 Å². The lowest BCUT2D eigenvalue weighted by molar-refractivity contribution is -0.125. The fourth-order valence-electron chi connectivity index (χ4n) is 2.49. The van der Waals surface area contributed by atoms with E-state index in [1.807, 2.05) is 0 Å². The van der Waals surface area contributed by atoms with Gasteiger partial charge in [0.05, 0.1) is 0 Å². The first kappa shape index (κ1) is 12.6. The Labute approximate surface area is 106 Å². The van der Waals surface area contributed by atoms with Crippen LogP contribution in [0.2, 0.25) is 5.02 Å². The maximum absolute atomic E-state index is 13.6. The molecule has 0 aromatic heterocycles. The number of Topliss-reactive ketones (excluding diaryl/α,β-unsaturated/α-hetero) is 1. The lowest BCUT2D eigenvalue weighted by Gasteiger charge is -2.25. The Morgan fingerprint density at radius 3 is 3.00 bits per heavy atom. The Bertz CT molecular complexity index is 430. The quantitative estimate of drug-likeness (QED) is 0.779. The maximum atomic E-state index is 13.6. The number of carbonyl (C=O) groups is 1. The Morgan fingerprint density at radius 1 is 1.47 bits per heavy atom. The van der Waals surface area contributed by atoms with Crippen LogP contribution in [0.5, 0.6) is 0 Å². The summed E-state index contributed by atoms with van der Waals surface area (Å²) in [4.78, 5) is 11.8. The van der Waals surface area contributed by atoms with E-state index < -0.39 is 0 Å². The second-order valence-corrected chi connectivity index (χ2v) is 5.42. The molecule has 3 heteroatoms. The summed E-state index contributed by atoms with van der Waals surface area (Å²) in [6, 6.07) is 4.53. The molecule has 92 valence electrons. The molecule has 0 N–H and O–H groups in total. The minimum atomic E-state index is -0.263. The monoisotopic (exact) mass is 254 g/mol. The standard InChI is InChI=1S/C14H16ClFO/c1-9-2-5-14(17)11(6-9)7-10-8-12(15)3-4-13(10)16/h3-4,8-9,11H,2,5-7H2,1H3. The molecule has 0 saturated heterocycles. The van der Waals surface area contributed by atoms with Crippen molar-refractivity contribution in [3.63, 3.8) is 0 Å². The van der Waals surface area contributed by atoms with Crippen LogP contribution in [0.4, 0.5) is 4.39 Å². The molecule has 0 amide bonds. The van der Waals surface area contributed by atoms with Crippen LogP contribution in [0, 0.1) is 17.7 Å². The second kappa shape index (κ2) is 5.18. The molecule has 0 bridgehead atoms. The van der Waals surface area contributed by atoms with E-state index in [1.54, 1.807) is 6.07 Å². The van der Waals surface area contributed by atoms with E-state index in [9.17, 15) is 9.18 Å². The third kappa shape index (κ3) is 3.06. The zero-order valence-electron chi connectivity index (χ0n) is 9.88. The van der Waals surface area contributed by atoms with E-state index in [-0.39, 0.29) is 17.5 Å². The molecule has 2 atom stereocenters. The van der Waals surface area contributed by atoms with Gasteiger partial charge in [-0.25, -0.2) is 4.39 Å². The van der Waals surface area contributed by atoms with Crippen molar-refractivity contribution in [2.45, 2.75) is 32.6 Å². The summed E-state index contributed by atoms with van der Waals surface area (Å²) in [6.07, 6.45) is 2.95. The zero-order valence-corrected chi connectivity index (χ0v) is 10.6. The van der Waals surface area contributed by atoms with Crippen molar-refractivity contribution in [1.82, 2.24) is 0 Å². The fraction of sp³-hybridized carbons (Fsp3) is 0.500. The van der Waals surface area contributed by atoms with Crippen LogP contribution in [0.15, 0.2) is 18.2 Å². The van der Waals surface area contributed by atoms with Crippen molar-refractivity contribution in [2.75, 3.05) is 0 Å².